The molecule has 0 saturated carbocycles. The maximum atomic E-state index is 13.0. The summed E-state index contributed by atoms with van der Waals surface area (Å²) in [6, 6.07) is 11.0. The van der Waals surface area contributed by atoms with Crippen LogP contribution in [0.2, 0.25) is 5.02 Å². The Morgan fingerprint density at radius 2 is 1.96 bits per heavy atom. The number of hydrogen-bond donors (Lipinski definition) is 1. The number of carbonyl (C=O) groups is 1. The lowest BCUT2D eigenvalue weighted by Gasteiger charge is -2.08. The Balaban J connectivity index is 1.91. The second-order valence-corrected chi connectivity index (χ2v) is 6.06. The molecule has 116 valence electrons. The monoisotopic (exact) mass is 347 g/mol. The number of aromatic nitrogens is 2. The average Bonchev–Trinajstić information content (AvgIpc) is 3.01. The highest BCUT2D eigenvalue weighted by molar-refractivity contribution is 7.08. The van der Waals surface area contributed by atoms with E-state index in [4.69, 9.17) is 11.6 Å². The van der Waals surface area contributed by atoms with Crippen LogP contribution in [0.15, 0.2) is 42.5 Å². The first kappa shape index (κ1) is 15.6. The van der Waals surface area contributed by atoms with Crippen molar-refractivity contribution in [1.82, 2.24) is 9.59 Å². The fraction of sp³-hybridized carbons (Fsp3) is 0.0625. The maximum absolute atomic E-state index is 13.0. The average molecular weight is 348 g/mol. The molecule has 0 saturated heterocycles. The highest BCUT2D eigenvalue weighted by atomic mass is 35.5. The third-order valence-electron chi connectivity index (χ3n) is 3.26. The molecule has 0 bridgehead atoms. The zero-order valence-corrected chi connectivity index (χ0v) is 13.6. The first-order valence-corrected chi connectivity index (χ1v) is 7.85. The van der Waals surface area contributed by atoms with Crippen LogP contribution in [0.25, 0.3) is 11.3 Å². The van der Waals surface area contributed by atoms with E-state index in [1.54, 1.807) is 24.3 Å². The van der Waals surface area contributed by atoms with Crippen LogP contribution in [0.3, 0.4) is 0 Å². The normalized spacial score (nSPS) is 10.6. The van der Waals surface area contributed by atoms with Crippen molar-refractivity contribution in [3.8, 4) is 11.3 Å². The zero-order chi connectivity index (χ0) is 16.4. The zero-order valence-electron chi connectivity index (χ0n) is 12.0. The summed E-state index contributed by atoms with van der Waals surface area (Å²) in [5.74, 6) is -0.679. The second kappa shape index (κ2) is 6.44. The van der Waals surface area contributed by atoms with Crippen molar-refractivity contribution < 1.29 is 9.18 Å². The number of amides is 1. The SMILES string of the molecule is Cc1ccc(Cl)cc1NC(=O)c1snnc1-c1ccc(F)cc1. The van der Waals surface area contributed by atoms with Gasteiger partial charge < -0.3 is 5.32 Å². The number of benzene rings is 2. The van der Waals surface area contributed by atoms with E-state index in [9.17, 15) is 9.18 Å². The van der Waals surface area contributed by atoms with E-state index >= 15 is 0 Å². The number of hydrogen-bond acceptors (Lipinski definition) is 4. The number of aryl methyl sites for hydroxylation is 1. The standard InChI is InChI=1S/C16H11ClFN3OS/c1-9-2-5-11(17)8-13(9)19-16(22)15-14(20-21-23-15)10-3-6-12(18)7-4-10/h2-8H,1H3,(H,19,22). The van der Waals surface area contributed by atoms with Crippen molar-refractivity contribution >= 4 is 34.7 Å². The summed E-state index contributed by atoms with van der Waals surface area (Å²) in [7, 11) is 0. The highest BCUT2D eigenvalue weighted by Gasteiger charge is 2.18. The van der Waals surface area contributed by atoms with Gasteiger partial charge in [0, 0.05) is 16.3 Å². The number of rotatable bonds is 3. The molecule has 0 aliphatic carbocycles. The van der Waals surface area contributed by atoms with Gasteiger partial charge in [-0.1, -0.05) is 22.2 Å². The number of nitrogens with one attached hydrogen (secondary N) is 1. The van der Waals surface area contributed by atoms with Gasteiger partial charge in [0.05, 0.1) is 0 Å². The van der Waals surface area contributed by atoms with Crippen molar-refractivity contribution in [2.75, 3.05) is 5.32 Å². The molecule has 0 unspecified atom stereocenters. The Hall–Kier alpha value is -2.31. The van der Waals surface area contributed by atoms with Crippen molar-refractivity contribution in [2.24, 2.45) is 0 Å². The first-order chi connectivity index (χ1) is 11.0. The van der Waals surface area contributed by atoms with Gasteiger partial charge in [-0.3, -0.25) is 4.79 Å². The van der Waals surface area contributed by atoms with Crippen molar-refractivity contribution in [3.05, 3.63) is 63.7 Å². The van der Waals surface area contributed by atoms with Crippen LogP contribution in [0.4, 0.5) is 10.1 Å². The van der Waals surface area contributed by atoms with Gasteiger partial charge in [0.15, 0.2) is 0 Å². The molecule has 0 aliphatic heterocycles. The molecule has 0 spiro atoms. The molecular formula is C16H11ClFN3OS. The van der Waals surface area contributed by atoms with Crippen LogP contribution in [-0.2, 0) is 0 Å². The quantitative estimate of drug-likeness (QED) is 0.755. The lowest BCUT2D eigenvalue weighted by molar-refractivity contribution is 0.103. The number of anilines is 1. The summed E-state index contributed by atoms with van der Waals surface area (Å²) < 4.78 is 16.9. The lowest BCUT2D eigenvalue weighted by Crippen LogP contribution is -2.12. The minimum absolute atomic E-state index is 0.329. The highest BCUT2D eigenvalue weighted by Crippen LogP contribution is 2.26. The van der Waals surface area contributed by atoms with Gasteiger partial charge in [0.1, 0.15) is 16.4 Å². The van der Waals surface area contributed by atoms with Crippen LogP contribution in [-0.4, -0.2) is 15.5 Å². The molecule has 7 heteroatoms. The Kier molecular flexibility index (Phi) is 4.36. The van der Waals surface area contributed by atoms with Crippen LogP contribution in [0, 0.1) is 12.7 Å². The maximum Gasteiger partial charge on any atom is 0.269 e. The van der Waals surface area contributed by atoms with Crippen LogP contribution >= 0.6 is 23.1 Å². The molecule has 3 aromatic rings. The van der Waals surface area contributed by atoms with Crippen LogP contribution < -0.4 is 5.32 Å². The molecule has 0 fully saturated rings. The summed E-state index contributed by atoms with van der Waals surface area (Å²) in [6.07, 6.45) is 0. The van der Waals surface area contributed by atoms with Crippen molar-refractivity contribution in [3.63, 3.8) is 0 Å². The van der Waals surface area contributed by atoms with Gasteiger partial charge in [-0.2, -0.15) is 0 Å². The second-order valence-electron chi connectivity index (χ2n) is 4.87. The molecule has 4 nitrogen and oxygen atoms in total. The predicted octanol–water partition coefficient (Wildman–Crippen LogP) is 4.56. The molecule has 1 amide bonds. The van der Waals surface area contributed by atoms with Crippen LogP contribution in [0.1, 0.15) is 15.2 Å². The fourth-order valence-electron chi connectivity index (χ4n) is 2.04. The molecule has 0 atom stereocenters. The minimum Gasteiger partial charge on any atom is -0.321 e. The minimum atomic E-state index is -0.350. The summed E-state index contributed by atoms with van der Waals surface area (Å²) in [5, 5.41) is 7.32. The van der Waals surface area contributed by atoms with Gasteiger partial charge in [0.25, 0.3) is 5.91 Å². The Morgan fingerprint density at radius 3 is 2.70 bits per heavy atom. The molecule has 23 heavy (non-hydrogen) atoms. The van der Waals surface area contributed by atoms with E-state index in [1.807, 2.05) is 13.0 Å². The predicted molar refractivity (Wildman–Crippen MR) is 89.4 cm³/mol. The molecule has 1 N–H and O–H groups in total. The van der Waals surface area contributed by atoms with E-state index in [1.165, 1.54) is 12.1 Å². The van der Waals surface area contributed by atoms with E-state index in [0.717, 1.165) is 17.1 Å². The smallest absolute Gasteiger partial charge is 0.269 e. The number of carbonyl (C=O) groups excluding carboxylic acids is 1. The Morgan fingerprint density at radius 1 is 1.22 bits per heavy atom. The molecule has 3 rings (SSSR count). The van der Waals surface area contributed by atoms with E-state index < -0.39 is 0 Å². The summed E-state index contributed by atoms with van der Waals surface area (Å²) in [6.45, 7) is 1.87. The lowest BCUT2D eigenvalue weighted by atomic mass is 10.1. The topological polar surface area (TPSA) is 54.9 Å². The summed E-state index contributed by atoms with van der Waals surface area (Å²) in [4.78, 5) is 12.9. The first-order valence-electron chi connectivity index (χ1n) is 6.70. The van der Waals surface area contributed by atoms with Gasteiger partial charge >= 0.3 is 0 Å². The summed E-state index contributed by atoms with van der Waals surface area (Å²) >= 11 is 6.94. The Bertz CT molecular complexity index is 864. The fourth-order valence-corrected chi connectivity index (χ4v) is 2.80. The third-order valence-corrected chi connectivity index (χ3v) is 4.22. The largest absolute Gasteiger partial charge is 0.321 e. The van der Waals surface area contributed by atoms with E-state index in [-0.39, 0.29) is 11.7 Å². The van der Waals surface area contributed by atoms with Gasteiger partial charge in [0.2, 0.25) is 0 Å². The Labute approximate surface area is 141 Å². The van der Waals surface area contributed by atoms with E-state index in [0.29, 0.717) is 26.8 Å². The van der Waals surface area contributed by atoms with Gasteiger partial charge in [-0.05, 0) is 60.4 Å². The molecular weight excluding hydrogens is 337 g/mol. The molecule has 0 aliphatic rings. The summed E-state index contributed by atoms with van der Waals surface area (Å²) in [5.41, 5.74) is 2.57. The molecule has 0 radical (unpaired) electrons. The molecule has 1 aromatic heterocycles. The van der Waals surface area contributed by atoms with E-state index in [2.05, 4.69) is 14.9 Å². The number of halogens is 2. The van der Waals surface area contributed by atoms with Crippen LogP contribution in [0.5, 0.6) is 0 Å². The van der Waals surface area contributed by atoms with Crippen molar-refractivity contribution in [2.45, 2.75) is 6.92 Å². The molecule has 2 aromatic carbocycles. The van der Waals surface area contributed by atoms with Crippen molar-refractivity contribution in [1.29, 1.82) is 0 Å². The number of nitrogens with zero attached hydrogens (tertiary/aromatic N) is 2. The third kappa shape index (κ3) is 3.38. The molecule has 1 heterocycles. The van der Waals surface area contributed by atoms with Gasteiger partial charge in [-0.25, -0.2) is 4.39 Å². The van der Waals surface area contributed by atoms with Gasteiger partial charge in [-0.15, -0.1) is 5.10 Å².